The van der Waals surface area contributed by atoms with Gasteiger partial charge in [-0.25, -0.2) is 0 Å². The summed E-state index contributed by atoms with van der Waals surface area (Å²) < 4.78 is 0. The highest BCUT2D eigenvalue weighted by atomic mass is 35.5. The van der Waals surface area contributed by atoms with Crippen LogP contribution in [0.5, 0.6) is 0 Å². The van der Waals surface area contributed by atoms with Crippen molar-refractivity contribution in [2.75, 3.05) is 5.88 Å². The van der Waals surface area contributed by atoms with Crippen LogP contribution in [0.25, 0.3) is 0 Å². The average molecular weight is 240 g/mol. The molecule has 1 aromatic rings. The minimum absolute atomic E-state index is 0.0684. The first-order valence-electron chi connectivity index (χ1n) is 5.52. The molecule has 1 N–H and O–H groups in total. The second-order valence-corrected chi connectivity index (χ2v) is 4.37. The molecule has 2 nitrogen and oxygen atoms in total. The summed E-state index contributed by atoms with van der Waals surface area (Å²) >= 11 is 5.52. The predicted octanol–water partition coefficient (Wildman–Crippen LogP) is 2.94. The number of halogens is 1. The summed E-state index contributed by atoms with van der Waals surface area (Å²) in [6, 6.07) is 6.23. The van der Waals surface area contributed by atoms with E-state index >= 15 is 0 Å². The van der Waals surface area contributed by atoms with Crippen molar-refractivity contribution in [3.05, 3.63) is 34.9 Å². The molecule has 0 unspecified atom stereocenters. The molecule has 3 heteroatoms. The predicted molar refractivity (Wildman–Crippen MR) is 67.7 cm³/mol. The molecule has 0 radical (unpaired) electrons. The Morgan fingerprint density at radius 2 is 2.06 bits per heavy atom. The van der Waals surface area contributed by atoms with Crippen LogP contribution in [-0.2, 0) is 11.3 Å². The van der Waals surface area contributed by atoms with Crippen LogP contribution in [0.4, 0.5) is 0 Å². The lowest BCUT2D eigenvalue weighted by atomic mass is 10.1. The Kier molecular flexibility index (Phi) is 5.33. The van der Waals surface area contributed by atoms with Crippen molar-refractivity contribution in [1.29, 1.82) is 0 Å². The third-order valence-electron chi connectivity index (χ3n) is 2.60. The van der Waals surface area contributed by atoms with E-state index in [1.54, 1.807) is 0 Å². The maximum absolute atomic E-state index is 11.4. The van der Waals surface area contributed by atoms with Gasteiger partial charge in [-0.1, -0.05) is 18.2 Å². The normalized spacial score (nSPS) is 10.2. The number of rotatable bonds is 5. The highest BCUT2D eigenvalue weighted by Gasteiger charge is 2.01. The van der Waals surface area contributed by atoms with E-state index in [4.69, 9.17) is 11.6 Å². The van der Waals surface area contributed by atoms with Crippen molar-refractivity contribution in [1.82, 2.24) is 5.32 Å². The molecule has 88 valence electrons. The van der Waals surface area contributed by atoms with Crippen LogP contribution in [0.2, 0.25) is 0 Å². The summed E-state index contributed by atoms with van der Waals surface area (Å²) in [5.41, 5.74) is 3.67. The fourth-order valence-corrected chi connectivity index (χ4v) is 1.56. The van der Waals surface area contributed by atoms with Gasteiger partial charge in [0.15, 0.2) is 0 Å². The molecule has 0 aliphatic heterocycles. The minimum atomic E-state index is 0.0684. The maximum atomic E-state index is 11.4. The Balaban J connectivity index is 2.42. The first kappa shape index (κ1) is 13.0. The van der Waals surface area contributed by atoms with Crippen LogP contribution < -0.4 is 5.32 Å². The van der Waals surface area contributed by atoms with Gasteiger partial charge in [0.2, 0.25) is 5.91 Å². The van der Waals surface area contributed by atoms with Crippen molar-refractivity contribution in [3.8, 4) is 0 Å². The zero-order valence-corrected chi connectivity index (χ0v) is 10.6. The molecule has 0 atom stereocenters. The molecule has 0 aliphatic rings. The van der Waals surface area contributed by atoms with E-state index in [-0.39, 0.29) is 5.91 Å². The highest BCUT2D eigenvalue weighted by molar-refractivity contribution is 6.17. The summed E-state index contributed by atoms with van der Waals surface area (Å²) in [4.78, 5) is 11.4. The average Bonchev–Trinajstić information content (AvgIpc) is 2.28. The summed E-state index contributed by atoms with van der Waals surface area (Å²) in [7, 11) is 0. The minimum Gasteiger partial charge on any atom is -0.352 e. The third-order valence-corrected chi connectivity index (χ3v) is 2.87. The Bertz CT molecular complexity index is 363. The van der Waals surface area contributed by atoms with E-state index in [9.17, 15) is 4.79 Å². The smallest absolute Gasteiger partial charge is 0.220 e. The molecule has 0 heterocycles. The molecule has 0 fully saturated rings. The lowest BCUT2D eigenvalue weighted by Gasteiger charge is -2.07. The topological polar surface area (TPSA) is 29.1 Å². The van der Waals surface area contributed by atoms with E-state index < -0.39 is 0 Å². The molecule has 1 rings (SSSR count). The van der Waals surface area contributed by atoms with Gasteiger partial charge in [0.05, 0.1) is 0 Å². The number of carbonyl (C=O) groups is 1. The van der Waals surface area contributed by atoms with E-state index in [1.165, 1.54) is 11.1 Å². The molecular weight excluding hydrogens is 222 g/mol. The Labute approximate surface area is 102 Å². The van der Waals surface area contributed by atoms with Crippen LogP contribution >= 0.6 is 11.6 Å². The van der Waals surface area contributed by atoms with Gasteiger partial charge in [-0.3, -0.25) is 4.79 Å². The standard InChI is InChI=1S/C13H18ClNO/c1-10-5-6-12(8-11(10)2)9-15-13(16)4-3-7-14/h5-6,8H,3-4,7,9H2,1-2H3,(H,15,16). The monoisotopic (exact) mass is 239 g/mol. The number of benzene rings is 1. The van der Waals surface area contributed by atoms with Crippen LogP contribution in [0.15, 0.2) is 18.2 Å². The van der Waals surface area contributed by atoms with Crippen LogP contribution in [-0.4, -0.2) is 11.8 Å². The van der Waals surface area contributed by atoms with Gasteiger partial charge in [-0.05, 0) is 37.0 Å². The van der Waals surface area contributed by atoms with E-state index in [0.717, 1.165) is 12.0 Å². The number of alkyl halides is 1. The van der Waals surface area contributed by atoms with Crippen LogP contribution in [0.3, 0.4) is 0 Å². The fourth-order valence-electron chi connectivity index (χ4n) is 1.43. The Morgan fingerprint density at radius 1 is 1.31 bits per heavy atom. The van der Waals surface area contributed by atoms with Gasteiger partial charge in [0, 0.05) is 18.8 Å². The van der Waals surface area contributed by atoms with Crippen molar-refractivity contribution in [3.63, 3.8) is 0 Å². The van der Waals surface area contributed by atoms with Crippen molar-refractivity contribution in [2.45, 2.75) is 33.2 Å². The van der Waals surface area contributed by atoms with Crippen molar-refractivity contribution < 1.29 is 4.79 Å². The van der Waals surface area contributed by atoms with Gasteiger partial charge < -0.3 is 5.32 Å². The number of amides is 1. The largest absolute Gasteiger partial charge is 0.352 e. The summed E-state index contributed by atoms with van der Waals surface area (Å²) in [5, 5.41) is 2.88. The molecule has 0 saturated heterocycles. The summed E-state index contributed by atoms with van der Waals surface area (Å²) in [6.07, 6.45) is 1.24. The van der Waals surface area contributed by atoms with Crippen molar-refractivity contribution >= 4 is 17.5 Å². The second-order valence-electron chi connectivity index (χ2n) is 3.99. The molecule has 1 amide bonds. The SMILES string of the molecule is Cc1ccc(CNC(=O)CCCCl)cc1C. The summed E-state index contributed by atoms with van der Waals surface area (Å²) in [5.74, 6) is 0.607. The first-order valence-corrected chi connectivity index (χ1v) is 6.05. The Morgan fingerprint density at radius 3 is 2.69 bits per heavy atom. The lowest BCUT2D eigenvalue weighted by molar-refractivity contribution is -0.121. The highest BCUT2D eigenvalue weighted by Crippen LogP contribution is 2.09. The number of carbonyl (C=O) groups excluding carboxylic acids is 1. The molecule has 0 aromatic heterocycles. The van der Waals surface area contributed by atoms with Gasteiger partial charge >= 0.3 is 0 Å². The molecule has 0 spiro atoms. The van der Waals surface area contributed by atoms with Crippen molar-refractivity contribution in [2.24, 2.45) is 0 Å². The van der Waals surface area contributed by atoms with Gasteiger partial charge in [0.1, 0.15) is 0 Å². The fraction of sp³-hybridized carbons (Fsp3) is 0.462. The number of hydrogen-bond donors (Lipinski definition) is 1. The lowest BCUT2D eigenvalue weighted by Crippen LogP contribution is -2.22. The number of aryl methyl sites for hydroxylation is 2. The zero-order chi connectivity index (χ0) is 12.0. The molecule has 16 heavy (non-hydrogen) atoms. The molecule has 0 saturated carbocycles. The second kappa shape index (κ2) is 6.54. The molecule has 1 aromatic carbocycles. The maximum Gasteiger partial charge on any atom is 0.220 e. The quantitative estimate of drug-likeness (QED) is 0.787. The van der Waals surface area contributed by atoms with E-state index in [0.29, 0.717) is 18.8 Å². The van der Waals surface area contributed by atoms with Crippen LogP contribution in [0.1, 0.15) is 29.5 Å². The van der Waals surface area contributed by atoms with E-state index in [2.05, 4.69) is 31.3 Å². The molecular formula is C13H18ClNO. The van der Waals surface area contributed by atoms with Gasteiger partial charge in [-0.2, -0.15) is 0 Å². The molecule has 0 bridgehead atoms. The summed E-state index contributed by atoms with van der Waals surface area (Å²) in [6.45, 7) is 4.76. The number of hydrogen-bond acceptors (Lipinski definition) is 1. The van der Waals surface area contributed by atoms with Crippen LogP contribution in [0, 0.1) is 13.8 Å². The van der Waals surface area contributed by atoms with Gasteiger partial charge in [0.25, 0.3) is 0 Å². The first-order chi connectivity index (χ1) is 7.63. The third kappa shape index (κ3) is 4.23. The Hall–Kier alpha value is -1.02. The molecule has 0 aliphatic carbocycles. The van der Waals surface area contributed by atoms with Gasteiger partial charge in [-0.15, -0.1) is 11.6 Å². The van der Waals surface area contributed by atoms with E-state index in [1.807, 2.05) is 6.07 Å². The number of nitrogens with one attached hydrogen (secondary N) is 1. The zero-order valence-electron chi connectivity index (χ0n) is 9.85.